The molecule has 1 aliphatic carbocycles. The number of nitrogen functional groups attached to an aromatic ring is 1. The van der Waals surface area contributed by atoms with Gasteiger partial charge in [0, 0.05) is 30.2 Å². The van der Waals surface area contributed by atoms with Crippen molar-refractivity contribution >= 4 is 28.9 Å². The van der Waals surface area contributed by atoms with Crippen LogP contribution in [0.2, 0.25) is 0 Å². The lowest BCUT2D eigenvalue weighted by atomic mass is 9.90. The third-order valence-corrected chi connectivity index (χ3v) is 4.59. The van der Waals surface area contributed by atoms with Crippen molar-refractivity contribution in [2.24, 2.45) is 0 Å². The van der Waals surface area contributed by atoms with Crippen molar-refractivity contribution < 1.29 is 4.74 Å². The summed E-state index contributed by atoms with van der Waals surface area (Å²) in [7, 11) is 0. The minimum absolute atomic E-state index is 0. The first kappa shape index (κ1) is 14.1. The van der Waals surface area contributed by atoms with Gasteiger partial charge >= 0.3 is 0 Å². The number of aromatic nitrogens is 1. The van der Waals surface area contributed by atoms with E-state index in [4.69, 9.17) is 10.5 Å². The lowest BCUT2D eigenvalue weighted by Gasteiger charge is -2.43. The molecule has 1 aromatic heterocycles. The molecule has 2 unspecified atom stereocenters. The number of nitrogens with zero attached hydrogens (tertiary/aromatic N) is 2. The summed E-state index contributed by atoms with van der Waals surface area (Å²) in [4.78, 5) is 7.95. The van der Waals surface area contributed by atoms with Crippen LogP contribution < -0.4 is 5.73 Å². The van der Waals surface area contributed by atoms with Gasteiger partial charge < -0.3 is 10.5 Å². The fourth-order valence-electron chi connectivity index (χ4n) is 2.97. The standard InChI is InChI=1S/C12H19N3OS.ClH/c13-12-14-7-9(17-12)8-15-5-6-16-11-4-2-1-3-10(11)15;/h7,10-11H,1-6,8H2,(H2,13,14);1H. The molecule has 18 heavy (non-hydrogen) atoms. The van der Waals surface area contributed by atoms with Gasteiger partial charge in [-0.2, -0.15) is 0 Å². The maximum Gasteiger partial charge on any atom is 0.180 e. The van der Waals surface area contributed by atoms with Gasteiger partial charge in [0.05, 0.1) is 12.7 Å². The molecule has 1 aromatic rings. The van der Waals surface area contributed by atoms with Gasteiger partial charge in [-0.15, -0.1) is 23.7 Å². The molecule has 3 rings (SSSR count). The zero-order valence-electron chi connectivity index (χ0n) is 10.4. The van der Waals surface area contributed by atoms with E-state index in [1.54, 1.807) is 11.3 Å². The summed E-state index contributed by atoms with van der Waals surface area (Å²) in [5.74, 6) is 0. The van der Waals surface area contributed by atoms with Crippen LogP contribution in [-0.4, -0.2) is 35.2 Å². The summed E-state index contributed by atoms with van der Waals surface area (Å²) < 4.78 is 5.88. The Kier molecular flexibility index (Phi) is 4.84. The lowest BCUT2D eigenvalue weighted by molar-refractivity contribution is -0.0908. The minimum Gasteiger partial charge on any atom is -0.375 e. The molecular weight excluding hydrogens is 270 g/mol. The van der Waals surface area contributed by atoms with E-state index < -0.39 is 0 Å². The van der Waals surface area contributed by atoms with Crippen molar-refractivity contribution in [1.82, 2.24) is 9.88 Å². The molecule has 0 radical (unpaired) electrons. The molecule has 0 bridgehead atoms. The molecule has 2 heterocycles. The molecule has 2 fully saturated rings. The normalized spacial score (nSPS) is 28.4. The maximum absolute atomic E-state index is 5.88. The second-order valence-electron chi connectivity index (χ2n) is 4.90. The molecule has 4 nitrogen and oxygen atoms in total. The number of rotatable bonds is 2. The van der Waals surface area contributed by atoms with Gasteiger partial charge in [-0.05, 0) is 12.8 Å². The lowest BCUT2D eigenvalue weighted by Crippen LogP contribution is -2.51. The largest absolute Gasteiger partial charge is 0.375 e. The number of halogens is 1. The van der Waals surface area contributed by atoms with Crippen LogP contribution >= 0.6 is 23.7 Å². The monoisotopic (exact) mass is 289 g/mol. The second kappa shape index (κ2) is 6.19. The van der Waals surface area contributed by atoms with Gasteiger partial charge in [0.1, 0.15) is 0 Å². The van der Waals surface area contributed by atoms with Crippen molar-refractivity contribution in [2.45, 2.75) is 44.4 Å². The van der Waals surface area contributed by atoms with Gasteiger partial charge in [-0.3, -0.25) is 4.90 Å². The van der Waals surface area contributed by atoms with Crippen LogP contribution in [0.15, 0.2) is 6.20 Å². The van der Waals surface area contributed by atoms with Crippen molar-refractivity contribution in [2.75, 3.05) is 18.9 Å². The first-order valence-electron chi connectivity index (χ1n) is 6.39. The number of hydrogen-bond donors (Lipinski definition) is 1. The van der Waals surface area contributed by atoms with Crippen LogP contribution in [0.3, 0.4) is 0 Å². The van der Waals surface area contributed by atoms with E-state index in [0.717, 1.165) is 19.7 Å². The first-order chi connectivity index (χ1) is 8.33. The first-order valence-corrected chi connectivity index (χ1v) is 7.20. The third-order valence-electron chi connectivity index (χ3n) is 3.78. The Morgan fingerprint density at radius 2 is 2.28 bits per heavy atom. The minimum atomic E-state index is 0. The third kappa shape index (κ3) is 2.96. The van der Waals surface area contributed by atoms with Crippen LogP contribution in [-0.2, 0) is 11.3 Å². The second-order valence-corrected chi connectivity index (χ2v) is 6.04. The highest BCUT2D eigenvalue weighted by molar-refractivity contribution is 7.15. The number of anilines is 1. The summed E-state index contributed by atoms with van der Waals surface area (Å²) in [5, 5.41) is 0.674. The zero-order chi connectivity index (χ0) is 11.7. The Morgan fingerprint density at radius 3 is 3.06 bits per heavy atom. The fraction of sp³-hybridized carbons (Fsp3) is 0.750. The number of thiazole rings is 1. The Labute approximate surface area is 118 Å². The summed E-state index contributed by atoms with van der Waals surface area (Å²) in [6, 6.07) is 0.612. The molecule has 1 aliphatic heterocycles. The summed E-state index contributed by atoms with van der Waals surface area (Å²) in [6.07, 6.45) is 7.54. The van der Waals surface area contributed by atoms with Crippen LogP contribution in [0.4, 0.5) is 5.13 Å². The molecule has 102 valence electrons. The number of ether oxygens (including phenoxy) is 1. The molecule has 1 saturated heterocycles. The molecule has 1 saturated carbocycles. The van der Waals surface area contributed by atoms with Gasteiger partial charge in [0.2, 0.25) is 0 Å². The van der Waals surface area contributed by atoms with Gasteiger partial charge in [0.25, 0.3) is 0 Å². The van der Waals surface area contributed by atoms with Crippen LogP contribution in [0.5, 0.6) is 0 Å². The smallest absolute Gasteiger partial charge is 0.180 e. The number of nitrogens with two attached hydrogens (primary N) is 1. The topological polar surface area (TPSA) is 51.4 Å². The number of morpholine rings is 1. The van der Waals surface area contributed by atoms with Gasteiger partial charge in [0.15, 0.2) is 5.13 Å². The van der Waals surface area contributed by atoms with Crippen molar-refractivity contribution in [3.63, 3.8) is 0 Å². The predicted octanol–water partition coefficient (Wildman–Crippen LogP) is 2.29. The summed E-state index contributed by atoms with van der Waals surface area (Å²) in [5.41, 5.74) is 5.68. The quantitative estimate of drug-likeness (QED) is 0.908. The Bertz CT molecular complexity index is 385. The van der Waals surface area contributed by atoms with E-state index in [1.807, 2.05) is 6.20 Å². The van der Waals surface area contributed by atoms with E-state index in [9.17, 15) is 0 Å². The Morgan fingerprint density at radius 1 is 1.44 bits per heavy atom. The van der Waals surface area contributed by atoms with Gasteiger partial charge in [-0.1, -0.05) is 12.8 Å². The van der Waals surface area contributed by atoms with E-state index in [2.05, 4.69) is 9.88 Å². The van der Waals surface area contributed by atoms with Crippen molar-refractivity contribution in [3.8, 4) is 0 Å². The summed E-state index contributed by atoms with van der Waals surface area (Å²) >= 11 is 1.60. The van der Waals surface area contributed by atoms with Crippen molar-refractivity contribution in [3.05, 3.63) is 11.1 Å². The molecular formula is C12H20ClN3OS. The van der Waals surface area contributed by atoms with E-state index in [0.29, 0.717) is 17.3 Å². The SMILES string of the molecule is Cl.Nc1ncc(CN2CCOC3CCCCC32)s1. The van der Waals surface area contributed by atoms with Crippen LogP contribution in [0.25, 0.3) is 0 Å². The zero-order valence-corrected chi connectivity index (χ0v) is 12.0. The number of hydrogen-bond acceptors (Lipinski definition) is 5. The molecule has 2 aliphatic rings. The summed E-state index contributed by atoms with van der Waals surface area (Å²) in [6.45, 7) is 2.90. The van der Waals surface area contributed by atoms with Crippen LogP contribution in [0.1, 0.15) is 30.6 Å². The molecule has 2 N–H and O–H groups in total. The highest BCUT2D eigenvalue weighted by Gasteiger charge is 2.34. The van der Waals surface area contributed by atoms with E-state index in [-0.39, 0.29) is 12.4 Å². The predicted molar refractivity (Wildman–Crippen MR) is 76.2 cm³/mol. The molecule has 6 heteroatoms. The van der Waals surface area contributed by atoms with E-state index in [1.165, 1.54) is 30.6 Å². The number of fused-ring (bicyclic) bond motifs is 1. The average molecular weight is 290 g/mol. The highest BCUT2D eigenvalue weighted by Crippen LogP contribution is 2.30. The maximum atomic E-state index is 5.88. The molecule has 0 amide bonds. The molecule has 2 atom stereocenters. The Balaban J connectivity index is 0.00000120. The fourth-order valence-corrected chi connectivity index (χ4v) is 3.68. The van der Waals surface area contributed by atoms with Gasteiger partial charge in [-0.25, -0.2) is 4.98 Å². The average Bonchev–Trinajstić information content (AvgIpc) is 2.75. The van der Waals surface area contributed by atoms with E-state index >= 15 is 0 Å². The van der Waals surface area contributed by atoms with Crippen molar-refractivity contribution in [1.29, 1.82) is 0 Å². The Hall–Kier alpha value is -0.360. The molecule has 0 aromatic carbocycles. The highest BCUT2D eigenvalue weighted by atomic mass is 35.5. The van der Waals surface area contributed by atoms with Crippen LogP contribution in [0, 0.1) is 0 Å². The molecule has 0 spiro atoms.